The van der Waals surface area contributed by atoms with Crippen molar-refractivity contribution in [2.45, 2.75) is 6.42 Å². The van der Waals surface area contributed by atoms with Crippen molar-refractivity contribution in [2.24, 2.45) is 23.7 Å². The summed E-state index contributed by atoms with van der Waals surface area (Å²) in [6.07, 6.45) is 5.17. The largest absolute Gasteiger partial charge is 0.497 e. The Morgan fingerprint density at radius 3 is 2.05 bits per heavy atom. The summed E-state index contributed by atoms with van der Waals surface area (Å²) >= 11 is 0. The number of hydrogen-bond donors (Lipinski definition) is 0. The van der Waals surface area contributed by atoms with Crippen LogP contribution in [0.3, 0.4) is 0 Å². The molecule has 1 aromatic carbocycles. The number of methoxy groups -OCH3 is 1. The number of allylic oxidation sites excluding steroid dienone is 2. The molecule has 1 heterocycles. The van der Waals surface area contributed by atoms with Crippen LogP contribution in [-0.2, 0) is 9.59 Å². The van der Waals surface area contributed by atoms with Crippen LogP contribution in [-0.4, -0.2) is 18.9 Å². The molecule has 2 aliphatic carbocycles. The second kappa shape index (κ2) is 3.95. The lowest BCUT2D eigenvalue weighted by atomic mass is 9.85. The first-order valence-corrected chi connectivity index (χ1v) is 6.91. The molecule has 2 amide bonds. The maximum absolute atomic E-state index is 12.6. The lowest BCUT2D eigenvalue weighted by Gasteiger charge is -2.17. The number of fused-ring (bicyclic) bond motifs is 5. The van der Waals surface area contributed by atoms with Gasteiger partial charge in [0.1, 0.15) is 5.75 Å². The molecule has 4 rings (SSSR count). The van der Waals surface area contributed by atoms with E-state index in [2.05, 4.69) is 12.2 Å². The van der Waals surface area contributed by atoms with Crippen molar-refractivity contribution in [3.63, 3.8) is 0 Å². The van der Waals surface area contributed by atoms with Crippen molar-refractivity contribution in [3.05, 3.63) is 36.4 Å². The minimum atomic E-state index is -0.139. The van der Waals surface area contributed by atoms with E-state index in [0.717, 1.165) is 12.2 Å². The van der Waals surface area contributed by atoms with Gasteiger partial charge in [-0.25, -0.2) is 0 Å². The van der Waals surface area contributed by atoms with Crippen molar-refractivity contribution in [3.8, 4) is 5.75 Å². The maximum Gasteiger partial charge on any atom is 0.238 e. The molecular weight excluding hydrogens is 254 g/mol. The molecule has 0 aromatic heterocycles. The van der Waals surface area contributed by atoms with Gasteiger partial charge in [-0.15, -0.1) is 0 Å². The zero-order valence-electron chi connectivity index (χ0n) is 11.2. The van der Waals surface area contributed by atoms with Crippen LogP contribution in [0.5, 0.6) is 5.75 Å². The van der Waals surface area contributed by atoms with E-state index in [4.69, 9.17) is 4.74 Å². The monoisotopic (exact) mass is 269 g/mol. The van der Waals surface area contributed by atoms with E-state index in [-0.39, 0.29) is 35.5 Å². The van der Waals surface area contributed by atoms with Gasteiger partial charge in [0.15, 0.2) is 0 Å². The van der Waals surface area contributed by atoms with Crippen molar-refractivity contribution < 1.29 is 14.3 Å². The quantitative estimate of drug-likeness (QED) is 0.609. The summed E-state index contributed by atoms with van der Waals surface area (Å²) in [6, 6.07) is 7.09. The van der Waals surface area contributed by atoms with E-state index in [0.29, 0.717) is 5.69 Å². The molecule has 0 unspecified atom stereocenters. The van der Waals surface area contributed by atoms with Crippen molar-refractivity contribution in [1.82, 2.24) is 0 Å². The Labute approximate surface area is 117 Å². The molecule has 4 nitrogen and oxygen atoms in total. The molecule has 4 heteroatoms. The van der Waals surface area contributed by atoms with Crippen LogP contribution in [0.25, 0.3) is 0 Å². The fourth-order valence-electron chi connectivity index (χ4n) is 3.89. The van der Waals surface area contributed by atoms with Gasteiger partial charge in [0, 0.05) is 0 Å². The highest BCUT2D eigenvalue weighted by Gasteiger charge is 2.59. The predicted molar refractivity (Wildman–Crippen MR) is 73.2 cm³/mol. The molecule has 1 aromatic rings. The van der Waals surface area contributed by atoms with Gasteiger partial charge in [-0.1, -0.05) is 12.2 Å². The minimum absolute atomic E-state index is 0.0398. The Morgan fingerprint density at radius 1 is 1.00 bits per heavy atom. The Kier molecular flexibility index (Phi) is 2.31. The number of amides is 2. The highest BCUT2D eigenvalue weighted by Crippen LogP contribution is 2.53. The number of carbonyl (C=O) groups excluding carboxylic acids is 2. The average Bonchev–Trinajstić information content (AvgIpc) is 3.14. The summed E-state index contributed by atoms with van der Waals surface area (Å²) < 4.78 is 5.11. The van der Waals surface area contributed by atoms with E-state index in [1.807, 2.05) is 0 Å². The Morgan fingerprint density at radius 2 is 1.55 bits per heavy atom. The van der Waals surface area contributed by atoms with Crippen molar-refractivity contribution in [1.29, 1.82) is 0 Å². The van der Waals surface area contributed by atoms with Crippen LogP contribution in [0.1, 0.15) is 6.42 Å². The third-order valence-electron chi connectivity index (χ3n) is 4.80. The number of carbonyl (C=O) groups is 2. The summed E-state index contributed by atoms with van der Waals surface area (Å²) in [5.74, 6) is 0.868. The van der Waals surface area contributed by atoms with Crippen LogP contribution in [0, 0.1) is 23.7 Å². The van der Waals surface area contributed by atoms with E-state index < -0.39 is 0 Å². The van der Waals surface area contributed by atoms with Crippen LogP contribution in [0.15, 0.2) is 36.4 Å². The molecule has 1 saturated carbocycles. The Bertz CT molecular complexity index is 589. The van der Waals surface area contributed by atoms with Crippen molar-refractivity contribution in [2.75, 3.05) is 12.0 Å². The molecule has 2 bridgehead atoms. The van der Waals surface area contributed by atoms with Gasteiger partial charge in [0.2, 0.25) is 11.8 Å². The number of benzene rings is 1. The number of rotatable bonds is 2. The lowest BCUT2D eigenvalue weighted by molar-refractivity contribution is -0.123. The first kappa shape index (κ1) is 11.7. The number of nitrogens with zero attached hydrogens (tertiary/aromatic N) is 1. The van der Waals surface area contributed by atoms with Crippen LogP contribution in [0.4, 0.5) is 5.69 Å². The van der Waals surface area contributed by atoms with Gasteiger partial charge in [0.25, 0.3) is 0 Å². The molecule has 3 aliphatic rings. The number of hydrogen-bond acceptors (Lipinski definition) is 3. The summed E-state index contributed by atoms with van der Waals surface area (Å²) in [6.45, 7) is 0. The molecule has 102 valence electrons. The third kappa shape index (κ3) is 1.36. The van der Waals surface area contributed by atoms with E-state index >= 15 is 0 Å². The number of anilines is 1. The topological polar surface area (TPSA) is 46.6 Å². The van der Waals surface area contributed by atoms with Gasteiger partial charge < -0.3 is 4.74 Å². The molecule has 0 N–H and O–H groups in total. The smallest absolute Gasteiger partial charge is 0.238 e. The molecule has 1 saturated heterocycles. The van der Waals surface area contributed by atoms with Gasteiger partial charge in [0.05, 0.1) is 24.6 Å². The number of imide groups is 1. The average molecular weight is 269 g/mol. The van der Waals surface area contributed by atoms with Gasteiger partial charge in [-0.3, -0.25) is 14.5 Å². The number of ether oxygens (including phenoxy) is 1. The predicted octanol–water partition coefficient (Wildman–Crippen LogP) is 2.01. The van der Waals surface area contributed by atoms with Crippen molar-refractivity contribution >= 4 is 17.5 Å². The van der Waals surface area contributed by atoms with Crippen LogP contribution < -0.4 is 9.64 Å². The fourth-order valence-corrected chi connectivity index (χ4v) is 3.89. The second-order valence-electron chi connectivity index (χ2n) is 5.71. The Hall–Kier alpha value is -2.10. The minimum Gasteiger partial charge on any atom is -0.497 e. The molecular formula is C16H15NO3. The highest BCUT2D eigenvalue weighted by atomic mass is 16.5. The van der Waals surface area contributed by atoms with Crippen LogP contribution >= 0.6 is 0 Å². The molecule has 0 spiro atoms. The normalized spacial score (nSPS) is 34.0. The molecule has 0 radical (unpaired) electrons. The zero-order valence-corrected chi connectivity index (χ0v) is 11.2. The van der Waals surface area contributed by atoms with Gasteiger partial charge in [-0.2, -0.15) is 0 Å². The molecule has 1 aliphatic heterocycles. The standard InChI is InChI=1S/C16H15NO3/c1-20-12-6-4-11(5-7-12)17-15(18)13-9-2-3-10(8-9)14(13)16(17)19/h2-7,9-10,13-14H,8H2,1H3/t9-,10-,13+,14+/m1/s1. The first-order valence-electron chi connectivity index (χ1n) is 6.91. The molecule has 2 fully saturated rings. The highest BCUT2D eigenvalue weighted by molar-refractivity contribution is 6.22. The van der Waals surface area contributed by atoms with E-state index in [1.165, 1.54) is 4.90 Å². The maximum atomic E-state index is 12.6. The zero-order chi connectivity index (χ0) is 13.9. The van der Waals surface area contributed by atoms with Crippen LogP contribution in [0.2, 0.25) is 0 Å². The van der Waals surface area contributed by atoms with Gasteiger partial charge in [-0.05, 0) is 42.5 Å². The van der Waals surface area contributed by atoms with Gasteiger partial charge >= 0.3 is 0 Å². The summed E-state index contributed by atoms with van der Waals surface area (Å²) in [7, 11) is 1.59. The fraction of sp³-hybridized carbons (Fsp3) is 0.375. The first-order chi connectivity index (χ1) is 9.70. The SMILES string of the molecule is COc1ccc(N2C(=O)[C@@H]3[C@@H](C2=O)[C@@H]2C=C[C@@H]3C2)cc1. The summed E-state index contributed by atoms with van der Waals surface area (Å²) in [5.41, 5.74) is 0.648. The van der Waals surface area contributed by atoms with E-state index in [1.54, 1.807) is 31.4 Å². The third-order valence-corrected chi connectivity index (χ3v) is 4.80. The lowest BCUT2D eigenvalue weighted by Crippen LogP contribution is -2.32. The molecule has 20 heavy (non-hydrogen) atoms. The molecule has 4 atom stereocenters. The second-order valence-corrected chi connectivity index (χ2v) is 5.71. The van der Waals surface area contributed by atoms with E-state index in [9.17, 15) is 9.59 Å². The summed E-state index contributed by atoms with van der Waals surface area (Å²) in [4.78, 5) is 26.5. The Balaban J connectivity index is 1.70. The summed E-state index contributed by atoms with van der Waals surface area (Å²) in [5, 5.41) is 0.